The Bertz CT molecular complexity index is 509. The Morgan fingerprint density at radius 3 is 2.16 bits per heavy atom. The van der Waals surface area contributed by atoms with Crippen molar-refractivity contribution in [3.8, 4) is 0 Å². The van der Waals surface area contributed by atoms with Crippen molar-refractivity contribution < 1.29 is 13.6 Å². The van der Waals surface area contributed by atoms with Gasteiger partial charge >= 0.3 is 0 Å². The number of thiocarbonyl (C=S) groups is 1. The molecular weight excluding hydrogens is 272 g/mol. The zero-order valence-corrected chi connectivity index (χ0v) is 11.4. The number of halogens is 2. The Balaban J connectivity index is 2.97. The molecule has 0 aromatic heterocycles. The first-order chi connectivity index (χ1) is 8.65. The predicted octanol–water partition coefficient (Wildman–Crippen LogP) is 1.52. The lowest BCUT2D eigenvalue weighted by Crippen LogP contribution is -2.37. The van der Waals surface area contributed by atoms with Crippen molar-refractivity contribution in [3.63, 3.8) is 0 Å². The highest BCUT2D eigenvalue weighted by atomic mass is 32.1. The zero-order chi connectivity index (χ0) is 14.8. The molecule has 0 saturated heterocycles. The minimum absolute atomic E-state index is 0.00257. The fourth-order valence-corrected chi connectivity index (χ4v) is 1.40. The fraction of sp³-hybridized carbons (Fsp3) is 0.333. The highest BCUT2D eigenvalue weighted by Gasteiger charge is 2.25. The van der Waals surface area contributed by atoms with Gasteiger partial charge in [-0.1, -0.05) is 12.2 Å². The minimum Gasteiger partial charge on any atom is -0.389 e. The summed E-state index contributed by atoms with van der Waals surface area (Å²) in [4.78, 5) is 11.0. The summed E-state index contributed by atoms with van der Waals surface area (Å²) < 4.78 is 27.4. The number of carbonyl (C=O) groups is 1. The van der Waals surface area contributed by atoms with Crippen LogP contribution in [0.25, 0.3) is 0 Å². The molecule has 0 radical (unpaired) electrons. The summed E-state index contributed by atoms with van der Waals surface area (Å²) in [5.74, 6) is -2.23. The summed E-state index contributed by atoms with van der Waals surface area (Å²) >= 11 is 4.65. The number of nitrogens with two attached hydrogens (primary N) is 2. The first kappa shape index (κ1) is 15.3. The zero-order valence-electron chi connectivity index (χ0n) is 10.6. The maximum atomic E-state index is 13.7. The topological polar surface area (TPSA) is 81.1 Å². The van der Waals surface area contributed by atoms with Gasteiger partial charge < -0.3 is 16.8 Å². The van der Waals surface area contributed by atoms with Crippen molar-refractivity contribution in [1.82, 2.24) is 0 Å². The van der Waals surface area contributed by atoms with E-state index in [1.807, 2.05) is 0 Å². The first-order valence-corrected chi connectivity index (χ1v) is 5.88. The van der Waals surface area contributed by atoms with E-state index < -0.39 is 23.0 Å². The molecular formula is C12H15F2N3OS. The van der Waals surface area contributed by atoms with E-state index in [0.717, 1.165) is 12.1 Å². The molecule has 0 saturated carbocycles. The van der Waals surface area contributed by atoms with Gasteiger partial charge in [-0.2, -0.15) is 0 Å². The third kappa shape index (κ3) is 3.60. The molecule has 0 heterocycles. The van der Waals surface area contributed by atoms with E-state index in [2.05, 4.69) is 17.5 Å². The van der Waals surface area contributed by atoms with Crippen LogP contribution < -0.4 is 16.8 Å². The van der Waals surface area contributed by atoms with Crippen LogP contribution in [-0.2, 0) is 4.79 Å². The molecule has 7 heteroatoms. The molecule has 5 N–H and O–H groups in total. The van der Waals surface area contributed by atoms with Crippen molar-refractivity contribution in [2.75, 3.05) is 11.9 Å². The standard InChI is InChI=1S/C12H15F2N3OS/c1-12(2,11(16)18)5-17-9-7(13)3-6(10(15)19)4-8(9)14/h3-4,17H,5H2,1-2H3,(H2,15,19)(H2,16,18). The van der Waals surface area contributed by atoms with Gasteiger partial charge in [-0.05, 0) is 26.0 Å². The van der Waals surface area contributed by atoms with E-state index in [-0.39, 0.29) is 22.8 Å². The normalized spacial score (nSPS) is 11.2. The summed E-state index contributed by atoms with van der Waals surface area (Å²) in [5, 5.41) is 2.53. The summed E-state index contributed by atoms with van der Waals surface area (Å²) in [6.07, 6.45) is 0. The van der Waals surface area contributed by atoms with Gasteiger partial charge in [0.05, 0.1) is 5.41 Å². The van der Waals surface area contributed by atoms with Crippen LogP contribution in [0.1, 0.15) is 19.4 Å². The van der Waals surface area contributed by atoms with Crippen molar-refractivity contribution in [3.05, 3.63) is 29.3 Å². The van der Waals surface area contributed by atoms with Gasteiger partial charge in [0.25, 0.3) is 0 Å². The molecule has 0 atom stereocenters. The minimum atomic E-state index is -0.930. The Morgan fingerprint density at radius 1 is 1.32 bits per heavy atom. The number of anilines is 1. The van der Waals surface area contributed by atoms with E-state index in [9.17, 15) is 13.6 Å². The van der Waals surface area contributed by atoms with Crippen molar-refractivity contribution >= 4 is 28.8 Å². The van der Waals surface area contributed by atoms with Crippen LogP contribution in [0.2, 0.25) is 0 Å². The van der Waals surface area contributed by atoms with Gasteiger partial charge in [0.2, 0.25) is 5.91 Å². The number of rotatable bonds is 5. The van der Waals surface area contributed by atoms with Crippen LogP contribution >= 0.6 is 12.2 Å². The van der Waals surface area contributed by atoms with Crippen LogP contribution in [0.3, 0.4) is 0 Å². The maximum Gasteiger partial charge on any atom is 0.224 e. The van der Waals surface area contributed by atoms with E-state index in [1.165, 1.54) is 0 Å². The Kier molecular flexibility index (Phi) is 4.41. The number of amides is 1. The monoisotopic (exact) mass is 287 g/mol. The molecule has 19 heavy (non-hydrogen) atoms. The molecule has 104 valence electrons. The van der Waals surface area contributed by atoms with Crippen molar-refractivity contribution in [2.45, 2.75) is 13.8 Å². The smallest absolute Gasteiger partial charge is 0.224 e. The highest BCUT2D eigenvalue weighted by Crippen LogP contribution is 2.23. The Labute approximate surface area is 115 Å². The van der Waals surface area contributed by atoms with Crippen LogP contribution in [0, 0.1) is 17.0 Å². The number of hydrogen-bond donors (Lipinski definition) is 3. The molecule has 1 rings (SSSR count). The van der Waals surface area contributed by atoms with E-state index in [1.54, 1.807) is 13.8 Å². The molecule has 4 nitrogen and oxygen atoms in total. The lowest BCUT2D eigenvalue weighted by Gasteiger charge is -2.22. The van der Waals surface area contributed by atoms with E-state index in [0.29, 0.717) is 0 Å². The number of primary amides is 1. The number of nitrogens with one attached hydrogen (secondary N) is 1. The lowest BCUT2D eigenvalue weighted by atomic mass is 9.92. The predicted molar refractivity (Wildman–Crippen MR) is 73.7 cm³/mol. The maximum absolute atomic E-state index is 13.7. The summed E-state index contributed by atoms with van der Waals surface area (Å²) in [6.45, 7) is 3.14. The van der Waals surface area contributed by atoms with Gasteiger partial charge in [-0.15, -0.1) is 0 Å². The van der Waals surface area contributed by atoms with Crippen LogP contribution in [0.15, 0.2) is 12.1 Å². The molecule has 1 aromatic rings. The summed E-state index contributed by atoms with van der Waals surface area (Å²) in [7, 11) is 0. The molecule has 0 aliphatic rings. The van der Waals surface area contributed by atoms with Gasteiger partial charge in [-0.25, -0.2) is 8.78 Å². The van der Waals surface area contributed by atoms with Crippen LogP contribution in [0.4, 0.5) is 14.5 Å². The van der Waals surface area contributed by atoms with E-state index in [4.69, 9.17) is 11.5 Å². The van der Waals surface area contributed by atoms with Crippen LogP contribution in [-0.4, -0.2) is 17.4 Å². The Hall–Kier alpha value is -1.76. The molecule has 0 aliphatic heterocycles. The molecule has 1 aromatic carbocycles. The molecule has 0 fully saturated rings. The van der Waals surface area contributed by atoms with Crippen LogP contribution in [0.5, 0.6) is 0 Å². The number of carbonyl (C=O) groups excluding carboxylic acids is 1. The second-order valence-corrected chi connectivity index (χ2v) is 5.22. The molecule has 1 amide bonds. The fourth-order valence-electron chi connectivity index (χ4n) is 1.28. The quantitative estimate of drug-likeness (QED) is 0.717. The molecule has 0 spiro atoms. The molecule has 0 unspecified atom stereocenters. The van der Waals surface area contributed by atoms with Gasteiger partial charge in [-0.3, -0.25) is 4.79 Å². The van der Waals surface area contributed by atoms with Crippen molar-refractivity contribution in [2.24, 2.45) is 16.9 Å². The number of hydrogen-bond acceptors (Lipinski definition) is 3. The van der Waals surface area contributed by atoms with E-state index >= 15 is 0 Å². The SMILES string of the molecule is CC(C)(CNc1c(F)cc(C(N)=S)cc1F)C(N)=O. The third-order valence-corrected chi connectivity index (χ3v) is 2.94. The van der Waals surface area contributed by atoms with Crippen molar-refractivity contribution in [1.29, 1.82) is 0 Å². The molecule has 0 bridgehead atoms. The van der Waals surface area contributed by atoms with Gasteiger partial charge in [0, 0.05) is 12.1 Å². The second kappa shape index (κ2) is 5.48. The lowest BCUT2D eigenvalue weighted by molar-refractivity contribution is -0.125. The average Bonchev–Trinajstić information content (AvgIpc) is 2.27. The average molecular weight is 287 g/mol. The largest absolute Gasteiger partial charge is 0.389 e. The number of benzene rings is 1. The second-order valence-electron chi connectivity index (χ2n) is 4.78. The van der Waals surface area contributed by atoms with Gasteiger partial charge in [0.15, 0.2) is 0 Å². The molecule has 0 aliphatic carbocycles. The third-order valence-electron chi connectivity index (χ3n) is 2.70. The highest BCUT2D eigenvalue weighted by molar-refractivity contribution is 7.80. The summed E-state index contributed by atoms with van der Waals surface area (Å²) in [5.41, 5.74) is 9.31. The van der Waals surface area contributed by atoms with Gasteiger partial charge in [0.1, 0.15) is 22.3 Å². The first-order valence-electron chi connectivity index (χ1n) is 5.48. The summed E-state index contributed by atoms with van der Waals surface area (Å²) in [6, 6.07) is 2.07. The Morgan fingerprint density at radius 2 is 1.79 bits per heavy atom.